The highest BCUT2D eigenvalue weighted by Crippen LogP contribution is 2.48. The normalized spacial score (nSPS) is 17.5. The molecule has 1 saturated carbocycles. The zero-order chi connectivity index (χ0) is 14.3. The quantitative estimate of drug-likeness (QED) is 0.935. The number of aliphatic carboxylic acids is 1. The molecule has 106 valence electrons. The standard InChI is InChI=1S/C16H19NO3/c1-17-10-7-11-12(17)5-6-13(20-2)14(11)16(15(18)19)8-3-4-9-16/h5-7,10H,3-4,8-9H2,1-2H3,(H,18,19). The summed E-state index contributed by atoms with van der Waals surface area (Å²) in [6, 6.07) is 5.87. The largest absolute Gasteiger partial charge is 0.496 e. The summed E-state index contributed by atoms with van der Waals surface area (Å²) in [5.74, 6) is -0.0438. The number of carboxylic acids is 1. The number of aromatic nitrogens is 1. The van der Waals surface area contributed by atoms with Gasteiger partial charge in [0.1, 0.15) is 5.75 Å². The van der Waals surface area contributed by atoms with Crippen LogP contribution in [0.3, 0.4) is 0 Å². The number of carbonyl (C=O) groups is 1. The van der Waals surface area contributed by atoms with Gasteiger partial charge in [0.05, 0.1) is 12.5 Å². The van der Waals surface area contributed by atoms with E-state index in [0.717, 1.165) is 29.3 Å². The topological polar surface area (TPSA) is 51.5 Å². The zero-order valence-corrected chi connectivity index (χ0v) is 11.8. The molecule has 0 spiro atoms. The van der Waals surface area contributed by atoms with Crippen LogP contribution in [0.1, 0.15) is 31.2 Å². The summed E-state index contributed by atoms with van der Waals surface area (Å²) in [7, 11) is 3.58. The van der Waals surface area contributed by atoms with Crippen LogP contribution in [0.4, 0.5) is 0 Å². The maximum Gasteiger partial charge on any atom is 0.314 e. The number of fused-ring (bicyclic) bond motifs is 1. The van der Waals surface area contributed by atoms with E-state index in [2.05, 4.69) is 0 Å². The molecule has 0 amide bonds. The highest BCUT2D eigenvalue weighted by Gasteiger charge is 2.46. The minimum absolute atomic E-state index is 0.687. The summed E-state index contributed by atoms with van der Waals surface area (Å²) in [6.45, 7) is 0. The average molecular weight is 273 g/mol. The number of nitrogens with zero attached hydrogens (tertiary/aromatic N) is 1. The van der Waals surface area contributed by atoms with Crippen molar-refractivity contribution in [3.63, 3.8) is 0 Å². The molecule has 1 aromatic heterocycles. The van der Waals surface area contributed by atoms with E-state index in [0.29, 0.717) is 18.6 Å². The number of rotatable bonds is 3. The molecule has 0 radical (unpaired) electrons. The Bertz CT molecular complexity index is 666. The first-order valence-corrected chi connectivity index (χ1v) is 6.96. The molecule has 3 rings (SSSR count). The molecule has 1 aromatic carbocycles. The maximum atomic E-state index is 12.0. The van der Waals surface area contributed by atoms with Crippen LogP contribution in [-0.2, 0) is 17.3 Å². The van der Waals surface area contributed by atoms with Gasteiger partial charge in [0.15, 0.2) is 0 Å². The summed E-state index contributed by atoms with van der Waals surface area (Å²) in [6.07, 6.45) is 5.26. The molecule has 0 saturated heterocycles. The molecule has 1 fully saturated rings. The fourth-order valence-electron chi connectivity index (χ4n) is 3.54. The van der Waals surface area contributed by atoms with Crippen molar-refractivity contribution >= 4 is 16.9 Å². The molecule has 1 aliphatic rings. The van der Waals surface area contributed by atoms with Crippen molar-refractivity contribution in [2.75, 3.05) is 7.11 Å². The van der Waals surface area contributed by atoms with Gasteiger partial charge in [-0.15, -0.1) is 0 Å². The highest BCUT2D eigenvalue weighted by atomic mass is 16.5. The zero-order valence-electron chi connectivity index (χ0n) is 11.8. The molecule has 0 aliphatic heterocycles. The monoisotopic (exact) mass is 273 g/mol. The van der Waals surface area contributed by atoms with Crippen LogP contribution in [-0.4, -0.2) is 22.8 Å². The molecule has 4 nitrogen and oxygen atoms in total. The lowest BCUT2D eigenvalue weighted by atomic mass is 9.77. The number of aryl methyl sites for hydroxylation is 1. The Morgan fingerprint density at radius 1 is 1.30 bits per heavy atom. The third-order valence-corrected chi connectivity index (χ3v) is 4.59. The van der Waals surface area contributed by atoms with E-state index >= 15 is 0 Å². The van der Waals surface area contributed by atoms with Crippen molar-refractivity contribution in [2.24, 2.45) is 7.05 Å². The van der Waals surface area contributed by atoms with Gasteiger partial charge in [-0.2, -0.15) is 0 Å². The smallest absolute Gasteiger partial charge is 0.314 e. The molecule has 0 atom stereocenters. The number of carboxylic acid groups (broad SMARTS) is 1. The second kappa shape index (κ2) is 4.54. The van der Waals surface area contributed by atoms with Crippen molar-refractivity contribution in [1.82, 2.24) is 4.57 Å². The third-order valence-electron chi connectivity index (χ3n) is 4.59. The average Bonchev–Trinajstić information content (AvgIpc) is 3.06. The van der Waals surface area contributed by atoms with Crippen LogP contribution in [0, 0.1) is 0 Å². The van der Waals surface area contributed by atoms with Gasteiger partial charge < -0.3 is 14.4 Å². The van der Waals surface area contributed by atoms with Gasteiger partial charge in [0.2, 0.25) is 0 Å². The van der Waals surface area contributed by atoms with E-state index < -0.39 is 11.4 Å². The first-order chi connectivity index (χ1) is 9.60. The fraction of sp³-hybridized carbons (Fsp3) is 0.438. The number of methoxy groups -OCH3 is 1. The van der Waals surface area contributed by atoms with E-state index in [1.165, 1.54) is 0 Å². The third kappa shape index (κ3) is 1.64. The van der Waals surface area contributed by atoms with Crippen LogP contribution in [0.2, 0.25) is 0 Å². The van der Waals surface area contributed by atoms with Crippen LogP contribution in [0.15, 0.2) is 24.4 Å². The van der Waals surface area contributed by atoms with Crippen molar-refractivity contribution in [1.29, 1.82) is 0 Å². The first-order valence-electron chi connectivity index (χ1n) is 6.96. The first kappa shape index (κ1) is 13.0. The summed E-state index contributed by atoms with van der Waals surface area (Å²) >= 11 is 0. The predicted octanol–water partition coefficient (Wildman–Crippen LogP) is 3.08. The number of hydrogen-bond donors (Lipinski definition) is 1. The predicted molar refractivity (Wildman–Crippen MR) is 77.3 cm³/mol. The number of benzene rings is 1. The fourth-order valence-corrected chi connectivity index (χ4v) is 3.54. The molecule has 1 aliphatic carbocycles. The minimum Gasteiger partial charge on any atom is -0.496 e. The lowest BCUT2D eigenvalue weighted by molar-refractivity contribution is -0.143. The Balaban J connectivity index is 2.35. The molecular weight excluding hydrogens is 254 g/mol. The molecule has 4 heteroatoms. The lowest BCUT2D eigenvalue weighted by Crippen LogP contribution is -2.33. The lowest BCUT2D eigenvalue weighted by Gasteiger charge is -2.27. The SMILES string of the molecule is COc1ccc2c(ccn2C)c1C1(C(=O)O)CCCC1. The highest BCUT2D eigenvalue weighted by molar-refractivity contribution is 5.94. The molecular formula is C16H19NO3. The van der Waals surface area contributed by atoms with Crippen LogP contribution in [0.25, 0.3) is 10.9 Å². The van der Waals surface area contributed by atoms with Gasteiger partial charge in [-0.1, -0.05) is 12.8 Å². The molecule has 0 bridgehead atoms. The Morgan fingerprint density at radius 3 is 2.60 bits per heavy atom. The van der Waals surface area contributed by atoms with Gasteiger partial charge in [0, 0.05) is 29.7 Å². The van der Waals surface area contributed by atoms with Crippen molar-refractivity contribution in [3.05, 3.63) is 30.0 Å². The van der Waals surface area contributed by atoms with Crippen molar-refractivity contribution < 1.29 is 14.6 Å². The molecule has 2 aromatic rings. The number of hydrogen-bond acceptors (Lipinski definition) is 2. The van der Waals surface area contributed by atoms with Crippen molar-refractivity contribution in [3.8, 4) is 5.75 Å². The molecule has 20 heavy (non-hydrogen) atoms. The second-order valence-electron chi connectivity index (χ2n) is 5.60. The maximum absolute atomic E-state index is 12.0. The van der Waals surface area contributed by atoms with Gasteiger partial charge in [-0.3, -0.25) is 4.79 Å². The number of ether oxygens (including phenoxy) is 1. The van der Waals surface area contributed by atoms with Gasteiger partial charge in [-0.05, 0) is 31.0 Å². The Morgan fingerprint density at radius 2 is 2.00 bits per heavy atom. The van der Waals surface area contributed by atoms with Gasteiger partial charge >= 0.3 is 5.97 Å². The summed E-state index contributed by atoms with van der Waals surface area (Å²) < 4.78 is 7.49. The Hall–Kier alpha value is -1.97. The van der Waals surface area contributed by atoms with E-state index in [1.54, 1.807) is 7.11 Å². The van der Waals surface area contributed by atoms with Gasteiger partial charge in [0.25, 0.3) is 0 Å². The Kier molecular flexibility index (Phi) is 2.96. The second-order valence-corrected chi connectivity index (χ2v) is 5.60. The molecule has 1 heterocycles. The van der Waals surface area contributed by atoms with E-state index in [9.17, 15) is 9.90 Å². The van der Waals surface area contributed by atoms with Crippen molar-refractivity contribution in [2.45, 2.75) is 31.1 Å². The Labute approximate surface area is 118 Å². The van der Waals surface area contributed by atoms with Crippen LogP contribution in [0.5, 0.6) is 5.75 Å². The summed E-state index contributed by atoms with van der Waals surface area (Å²) in [4.78, 5) is 12.0. The van der Waals surface area contributed by atoms with E-state index in [4.69, 9.17) is 4.74 Å². The molecule has 1 N–H and O–H groups in total. The van der Waals surface area contributed by atoms with Gasteiger partial charge in [-0.25, -0.2) is 0 Å². The minimum atomic E-state index is -0.799. The molecule has 0 unspecified atom stereocenters. The summed E-state index contributed by atoms with van der Waals surface area (Å²) in [5, 5.41) is 10.8. The van der Waals surface area contributed by atoms with Crippen LogP contribution >= 0.6 is 0 Å². The van der Waals surface area contributed by atoms with Crippen LogP contribution < -0.4 is 4.74 Å². The van der Waals surface area contributed by atoms with E-state index in [1.807, 2.05) is 36.0 Å². The van der Waals surface area contributed by atoms with E-state index in [-0.39, 0.29) is 0 Å². The summed E-state index contributed by atoms with van der Waals surface area (Å²) in [5.41, 5.74) is 1.10.